The molecule has 1 nitrogen and oxygen atoms in total. The maximum absolute atomic E-state index is 5.88. The number of allylic oxidation sites excluding steroid dienone is 1. The lowest BCUT2D eigenvalue weighted by atomic mass is 10.1. The first kappa shape index (κ1) is 11.6. The molecule has 1 heterocycles. The molecule has 1 aromatic carbocycles. The zero-order valence-corrected chi connectivity index (χ0v) is 12.0. The van der Waals surface area contributed by atoms with Gasteiger partial charge in [-0.05, 0) is 31.2 Å². The molecule has 0 aromatic heterocycles. The molecular weight excluding hydrogens is 212 g/mol. The third-order valence-electron chi connectivity index (χ3n) is 3.17. The van der Waals surface area contributed by atoms with Crippen LogP contribution in [0.1, 0.15) is 26.3 Å². The van der Waals surface area contributed by atoms with E-state index in [-0.39, 0.29) is 6.65 Å². The topological polar surface area (TPSA) is 9.23 Å². The molecule has 2 rings (SSSR count). The van der Waals surface area contributed by atoms with Crippen LogP contribution in [0.4, 0.5) is 0 Å². The summed E-state index contributed by atoms with van der Waals surface area (Å²) in [6, 6.07) is 10.6. The van der Waals surface area contributed by atoms with E-state index in [0.29, 0.717) is 0 Å². The first-order valence-electron chi connectivity index (χ1n) is 6.14. The van der Waals surface area contributed by atoms with Gasteiger partial charge in [-0.25, -0.2) is 0 Å². The van der Waals surface area contributed by atoms with E-state index in [1.54, 1.807) is 0 Å². The SMILES string of the molecule is [H+].[SiH3]C1(C=CCc2ccccc2)CCCCO1. The summed E-state index contributed by atoms with van der Waals surface area (Å²) in [5.74, 6) is 0. The Labute approximate surface area is 102 Å². The van der Waals surface area contributed by atoms with Gasteiger partial charge >= 0.3 is 1.43 Å². The minimum Gasteiger partial charge on any atom is -0.376 e. The van der Waals surface area contributed by atoms with E-state index in [4.69, 9.17) is 4.74 Å². The molecule has 1 unspecified atom stereocenters. The van der Waals surface area contributed by atoms with Crippen molar-refractivity contribution in [1.29, 1.82) is 0 Å². The first-order valence-corrected chi connectivity index (χ1v) is 7.14. The van der Waals surface area contributed by atoms with Gasteiger partial charge in [0.2, 0.25) is 0 Å². The molecule has 0 N–H and O–H groups in total. The highest BCUT2D eigenvalue weighted by atomic mass is 28.1. The van der Waals surface area contributed by atoms with Crippen molar-refractivity contribution in [3.8, 4) is 0 Å². The van der Waals surface area contributed by atoms with Crippen LogP contribution in [0.5, 0.6) is 0 Å². The van der Waals surface area contributed by atoms with Gasteiger partial charge in [0.05, 0.1) is 5.22 Å². The molecule has 16 heavy (non-hydrogen) atoms. The Balaban J connectivity index is 0.00000144. The van der Waals surface area contributed by atoms with Gasteiger partial charge in [-0.1, -0.05) is 42.5 Å². The van der Waals surface area contributed by atoms with E-state index in [9.17, 15) is 0 Å². The van der Waals surface area contributed by atoms with Crippen molar-refractivity contribution >= 4 is 10.2 Å². The highest BCUT2D eigenvalue weighted by molar-refractivity contribution is 6.16. The average Bonchev–Trinajstić information content (AvgIpc) is 2.31. The molecule has 0 radical (unpaired) electrons. The smallest absolute Gasteiger partial charge is 0.376 e. The van der Waals surface area contributed by atoms with Crippen molar-refractivity contribution in [3.63, 3.8) is 0 Å². The van der Waals surface area contributed by atoms with E-state index < -0.39 is 0 Å². The summed E-state index contributed by atoms with van der Waals surface area (Å²) in [4.78, 5) is 0. The zero-order valence-electron chi connectivity index (χ0n) is 11.0. The summed E-state index contributed by atoms with van der Waals surface area (Å²) in [5, 5.41) is 0.118. The lowest BCUT2D eigenvalue weighted by Gasteiger charge is -2.31. The van der Waals surface area contributed by atoms with Crippen molar-refractivity contribution in [1.82, 2.24) is 0 Å². The molecule has 1 aliphatic rings. The Morgan fingerprint density at radius 3 is 2.81 bits per heavy atom. The number of hydrogen-bond donors (Lipinski definition) is 0. The van der Waals surface area contributed by atoms with E-state index in [1.165, 1.54) is 24.8 Å². The monoisotopic (exact) mass is 233 g/mol. The Morgan fingerprint density at radius 2 is 2.12 bits per heavy atom. The number of hydrogen-bond acceptors (Lipinski definition) is 1. The fourth-order valence-corrected chi connectivity index (χ4v) is 2.94. The molecule has 0 spiro atoms. The minimum absolute atomic E-state index is 0. The Bertz CT molecular complexity index is 344. The summed E-state index contributed by atoms with van der Waals surface area (Å²) in [6.07, 6.45) is 9.35. The molecule has 86 valence electrons. The van der Waals surface area contributed by atoms with Crippen LogP contribution in [0.3, 0.4) is 0 Å². The molecule has 1 aromatic rings. The molecule has 0 aliphatic carbocycles. The molecule has 1 atom stereocenters. The van der Waals surface area contributed by atoms with Crippen molar-refractivity contribution in [2.45, 2.75) is 30.9 Å². The molecule has 0 amide bonds. The average molecular weight is 233 g/mol. The van der Waals surface area contributed by atoms with Gasteiger partial charge < -0.3 is 4.74 Å². The van der Waals surface area contributed by atoms with Crippen molar-refractivity contribution < 1.29 is 6.16 Å². The third kappa shape index (κ3) is 3.32. The van der Waals surface area contributed by atoms with Crippen LogP contribution in [-0.2, 0) is 11.2 Å². The predicted octanol–water partition coefficient (Wildman–Crippen LogP) is 2.16. The fourth-order valence-electron chi connectivity index (χ4n) is 2.15. The third-order valence-corrected chi connectivity index (χ3v) is 4.29. The summed E-state index contributed by atoms with van der Waals surface area (Å²) in [5.41, 5.74) is 1.37. The van der Waals surface area contributed by atoms with Crippen LogP contribution >= 0.6 is 0 Å². The maximum atomic E-state index is 5.88. The molecule has 1 aliphatic heterocycles. The van der Waals surface area contributed by atoms with Crippen molar-refractivity contribution in [2.24, 2.45) is 0 Å². The van der Waals surface area contributed by atoms with Crippen LogP contribution in [0.2, 0.25) is 0 Å². The van der Waals surface area contributed by atoms with Crippen LogP contribution in [0.15, 0.2) is 42.5 Å². The lowest BCUT2D eigenvalue weighted by molar-refractivity contribution is 0.0152. The molecule has 0 bridgehead atoms. The van der Waals surface area contributed by atoms with Gasteiger partial charge in [0.1, 0.15) is 0 Å². The number of ether oxygens (including phenoxy) is 1. The van der Waals surface area contributed by atoms with E-state index in [2.05, 4.69) is 42.5 Å². The summed E-state index contributed by atoms with van der Waals surface area (Å²) in [7, 11) is 1.10. The summed E-state index contributed by atoms with van der Waals surface area (Å²) < 4.78 is 5.88. The largest absolute Gasteiger partial charge is 1.00 e. The van der Waals surface area contributed by atoms with Gasteiger partial charge in [-0.2, -0.15) is 0 Å². The fraction of sp³-hybridized carbons (Fsp3) is 0.429. The number of rotatable bonds is 3. The molecule has 1 fully saturated rings. The predicted molar refractivity (Wildman–Crippen MR) is 72.9 cm³/mol. The Hall–Kier alpha value is -0.863. The van der Waals surface area contributed by atoms with Crippen LogP contribution in [-0.4, -0.2) is 22.1 Å². The van der Waals surface area contributed by atoms with Gasteiger partial charge in [-0.15, -0.1) is 0 Å². The highest BCUT2D eigenvalue weighted by Crippen LogP contribution is 2.23. The minimum atomic E-state index is 0. The second kappa shape index (κ2) is 5.46. The Morgan fingerprint density at radius 1 is 1.31 bits per heavy atom. The normalized spacial score (nSPS) is 26.2. The quantitative estimate of drug-likeness (QED) is 0.574. The van der Waals surface area contributed by atoms with Crippen LogP contribution < -0.4 is 0 Å². The van der Waals surface area contributed by atoms with E-state index in [0.717, 1.165) is 23.3 Å². The van der Waals surface area contributed by atoms with Crippen molar-refractivity contribution in [3.05, 3.63) is 48.0 Å². The van der Waals surface area contributed by atoms with E-state index in [1.807, 2.05) is 0 Å². The summed E-state index contributed by atoms with van der Waals surface area (Å²) >= 11 is 0. The van der Waals surface area contributed by atoms with Crippen LogP contribution in [0, 0.1) is 0 Å². The van der Waals surface area contributed by atoms with Gasteiger partial charge in [0, 0.05) is 16.8 Å². The molecule has 0 saturated carbocycles. The number of benzene rings is 1. The second-order valence-corrected chi connectivity index (χ2v) is 6.40. The van der Waals surface area contributed by atoms with Crippen LogP contribution in [0.25, 0.3) is 0 Å². The molecule has 2 heteroatoms. The van der Waals surface area contributed by atoms with Crippen molar-refractivity contribution in [2.75, 3.05) is 6.61 Å². The molecule has 1 saturated heterocycles. The highest BCUT2D eigenvalue weighted by Gasteiger charge is 2.23. The maximum Gasteiger partial charge on any atom is 1.00 e. The zero-order chi connectivity index (χ0) is 11.3. The van der Waals surface area contributed by atoms with Gasteiger partial charge in [0.25, 0.3) is 0 Å². The van der Waals surface area contributed by atoms with Gasteiger partial charge in [-0.3, -0.25) is 0 Å². The Kier molecular flexibility index (Phi) is 3.96. The van der Waals surface area contributed by atoms with Gasteiger partial charge in [0.15, 0.2) is 0 Å². The summed E-state index contributed by atoms with van der Waals surface area (Å²) in [6.45, 7) is 0.944. The molecular formula is C14H21OSi+. The first-order chi connectivity index (χ1) is 7.79. The second-order valence-electron chi connectivity index (χ2n) is 4.71. The lowest BCUT2D eigenvalue weighted by Crippen LogP contribution is -2.34. The van der Waals surface area contributed by atoms with E-state index >= 15 is 0 Å². The standard InChI is InChI=1S/C14H20OSi/c16-14(10-4-5-12-15-14)11-6-9-13-7-2-1-3-8-13/h1-3,6-8,11H,4-5,9-10,12H2,16H3/p+1.